The van der Waals surface area contributed by atoms with Crippen molar-refractivity contribution in [3.8, 4) is 0 Å². The van der Waals surface area contributed by atoms with E-state index in [0.29, 0.717) is 12.1 Å². The van der Waals surface area contributed by atoms with Crippen molar-refractivity contribution in [2.75, 3.05) is 0 Å². The highest BCUT2D eigenvalue weighted by atomic mass is 16.1. The standard InChI is InChI=1S/C14H13NO2/c1-11-2-4-12(5-3-11)8-15-9-13(10-16)6-7-14(15)17/h2-7,9-10H,8H2,1H3. The van der Waals surface area contributed by atoms with Crippen LogP contribution >= 0.6 is 0 Å². The molecule has 0 bridgehead atoms. The van der Waals surface area contributed by atoms with Gasteiger partial charge in [-0.25, -0.2) is 0 Å². The van der Waals surface area contributed by atoms with Crippen LogP contribution in [0.3, 0.4) is 0 Å². The number of benzene rings is 1. The fraction of sp³-hybridized carbons (Fsp3) is 0.143. The minimum atomic E-state index is -0.101. The van der Waals surface area contributed by atoms with Gasteiger partial charge >= 0.3 is 0 Å². The van der Waals surface area contributed by atoms with Crippen LogP contribution in [0.15, 0.2) is 47.4 Å². The van der Waals surface area contributed by atoms with E-state index in [2.05, 4.69) is 0 Å². The second-order valence-electron chi connectivity index (χ2n) is 4.03. The van der Waals surface area contributed by atoms with Crippen molar-refractivity contribution >= 4 is 6.29 Å². The maximum atomic E-state index is 11.6. The van der Waals surface area contributed by atoms with E-state index in [0.717, 1.165) is 11.8 Å². The van der Waals surface area contributed by atoms with E-state index in [1.165, 1.54) is 22.3 Å². The van der Waals surface area contributed by atoms with Gasteiger partial charge in [0, 0.05) is 17.8 Å². The summed E-state index contributed by atoms with van der Waals surface area (Å²) in [5, 5.41) is 0. The zero-order valence-electron chi connectivity index (χ0n) is 9.59. The summed E-state index contributed by atoms with van der Waals surface area (Å²) in [6, 6.07) is 10.9. The molecule has 86 valence electrons. The molecule has 2 aromatic rings. The minimum absolute atomic E-state index is 0.101. The predicted octanol–water partition coefficient (Wildman–Crippen LogP) is 2.02. The third-order valence-corrected chi connectivity index (χ3v) is 2.62. The smallest absolute Gasteiger partial charge is 0.250 e. The van der Waals surface area contributed by atoms with Crippen LogP contribution in [0.5, 0.6) is 0 Å². The van der Waals surface area contributed by atoms with Crippen molar-refractivity contribution in [3.05, 3.63) is 69.6 Å². The molecule has 3 nitrogen and oxygen atoms in total. The summed E-state index contributed by atoms with van der Waals surface area (Å²) in [6.07, 6.45) is 2.32. The molecule has 0 saturated carbocycles. The van der Waals surface area contributed by atoms with Gasteiger partial charge in [0.25, 0.3) is 5.56 Å². The summed E-state index contributed by atoms with van der Waals surface area (Å²) in [5.74, 6) is 0. The Balaban J connectivity index is 2.32. The van der Waals surface area contributed by atoms with E-state index in [1.54, 1.807) is 6.20 Å². The number of pyridine rings is 1. The minimum Gasteiger partial charge on any atom is -0.310 e. The first-order chi connectivity index (χ1) is 8.19. The molecule has 1 aromatic heterocycles. The van der Waals surface area contributed by atoms with Gasteiger partial charge in [-0.2, -0.15) is 0 Å². The Morgan fingerprint density at radius 1 is 1.12 bits per heavy atom. The number of hydrogen-bond donors (Lipinski definition) is 0. The topological polar surface area (TPSA) is 39.1 Å². The summed E-state index contributed by atoms with van der Waals surface area (Å²) in [7, 11) is 0. The number of hydrogen-bond acceptors (Lipinski definition) is 2. The Morgan fingerprint density at radius 3 is 2.47 bits per heavy atom. The number of rotatable bonds is 3. The molecule has 0 N–H and O–H groups in total. The SMILES string of the molecule is Cc1ccc(Cn2cc(C=O)ccc2=O)cc1. The van der Waals surface area contributed by atoms with Gasteiger partial charge < -0.3 is 4.57 Å². The largest absolute Gasteiger partial charge is 0.310 e. The lowest BCUT2D eigenvalue weighted by Gasteiger charge is -2.06. The van der Waals surface area contributed by atoms with Gasteiger partial charge in [0.15, 0.2) is 6.29 Å². The first-order valence-corrected chi connectivity index (χ1v) is 5.40. The first kappa shape index (κ1) is 11.3. The molecule has 0 amide bonds. The number of aromatic nitrogens is 1. The lowest BCUT2D eigenvalue weighted by Crippen LogP contribution is -2.19. The van der Waals surface area contributed by atoms with Crippen LogP contribution in [0, 0.1) is 6.92 Å². The van der Waals surface area contributed by atoms with Gasteiger partial charge in [-0.15, -0.1) is 0 Å². The normalized spacial score (nSPS) is 10.2. The van der Waals surface area contributed by atoms with Crippen LogP contribution < -0.4 is 5.56 Å². The molecule has 0 spiro atoms. The van der Waals surface area contributed by atoms with E-state index >= 15 is 0 Å². The number of carbonyl (C=O) groups is 1. The zero-order valence-corrected chi connectivity index (χ0v) is 9.59. The lowest BCUT2D eigenvalue weighted by atomic mass is 10.1. The molecular formula is C14H13NO2. The highest BCUT2D eigenvalue weighted by Gasteiger charge is 1.99. The van der Waals surface area contributed by atoms with Crippen molar-refractivity contribution in [2.45, 2.75) is 13.5 Å². The van der Waals surface area contributed by atoms with Crippen LogP contribution in [0.4, 0.5) is 0 Å². The summed E-state index contributed by atoms with van der Waals surface area (Å²) in [5.41, 5.74) is 2.64. The predicted molar refractivity (Wildman–Crippen MR) is 66.4 cm³/mol. The number of aryl methyl sites for hydroxylation is 1. The Hall–Kier alpha value is -2.16. The Kier molecular flexibility index (Phi) is 3.19. The third-order valence-electron chi connectivity index (χ3n) is 2.62. The maximum absolute atomic E-state index is 11.6. The second-order valence-corrected chi connectivity index (χ2v) is 4.03. The van der Waals surface area contributed by atoms with E-state index in [9.17, 15) is 9.59 Å². The molecule has 0 atom stereocenters. The molecule has 1 aromatic carbocycles. The zero-order chi connectivity index (χ0) is 12.3. The average Bonchev–Trinajstić information content (AvgIpc) is 2.35. The summed E-state index contributed by atoms with van der Waals surface area (Å²) in [4.78, 5) is 22.3. The van der Waals surface area contributed by atoms with Crippen LogP contribution in [0.1, 0.15) is 21.5 Å². The van der Waals surface area contributed by atoms with Gasteiger partial charge in [-0.05, 0) is 18.6 Å². The second kappa shape index (κ2) is 4.78. The van der Waals surface area contributed by atoms with E-state index in [4.69, 9.17) is 0 Å². The van der Waals surface area contributed by atoms with Crippen LogP contribution in [-0.2, 0) is 6.54 Å². The molecule has 0 fully saturated rings. The maximum Gasteiger partial charge on any atom is 0.250 e. The quantitative estimate of drug-likeness (QED) is 0.752. The van der Waals surface area contributed by atoms with E-state index in [-0.39, 0.29) is 5.56 Å². The highest BCUT2D eigenvalue weighted by Crippen LogP contribution is 2.04. The number of carbonyl (C=O) groups excluding carboxylic acids is 1. The molecule has 2 rings (SSSR count). The van der Waals surface area contributed by atoms with Crippen molar-refractivity contribution < 1.29 is 4.79 Å². The van der Waals surface area contributed by atoms with Crippen molar-refractivity contribution in [2.24, 2.45) is 0 Å². The fourth-order valence-corrected chi connectivity index (χ4v) is 1.63. The van der Waals surface area contributed by atoms with Gasteiger partial charge in [-0.3, -0.25) is 9.59 Å². The summed E-state index contributed by atoms with van der Waals surface area (Å²) in [6.45, 7) is 2.50. The summed E-state index contributed by atoms with van der Waals surface area (Å²) >= 11 is 0. The van der Waals surface area contributed by atoms with E-state index in [1.807, 2.05) is 31.2 Å². The molecule has 0 unspecified atom stereocenters. The molecule has 0 aliphatic heterocycles. The van der Waals surface area contributed by atoms with Gasteiger partial charge in [-0.1, -0.05) is 29.8 Å². The Morgan fingerprint density at radius 2 is 1.82 bits per heavy atom. The van der Waals surface area contributed by atoms with Gasteiger partial charge in [0.05, 0.1) is 6.54 Å². The fourth-order valence-electron chi connectivity index (χ4n) is 1.63. The molecule has 0 aliphatic rings. The van der Waals surface area contributed by atoms with Crippen molar-refractivity contribution in [3.63, 3.8) is 0 Å². The highest BCUT2D eigenvalue weighted by molar-refractivity contribution is 5.73. The van der Waals surface area contributed by atoms with Gasteiger partial charge in [0.2, 0.25) is 0 Å². The van der Waals surface area contributed by atoms with Crippen molar-refractivity contribution in [1.82, 2.24) is 4.57 Å². The Bertz CT molecular complexity index is 582. The number of aldehydes is 1. The van der Waals surface area contributed by atoms with Crippen molar-refractivity contribution in [1.29, 1.82) is 0 Å². The first-order valence-electron chi connectivity index (χ1n) is 5.40. The number of nitrogens with zero attached hydrogens (tertiary/aromatic N) is 1. The lowest BCUT2D eigenvalue weighted by molar-refractivity contribution is 0.112. The molecular weight excluding hydrogens is 214 g/mol. The molecule has 0 aliphatic carbocycles. The van der Waals surface area contributed by atoms with Crippen LogP contribution in [-0.4, -0.2) is 10.9 Å². The molecule has 17 heavy (non-hydrogen) atoms. The molecule has 0 saturated heterocycles. The van der Waals surface area contributed by atoms with Gasteiger partial charge in [0.1, 0.15) is 0 Å². The molecule has 3 heteroatoms. The van der Waals surface area contributed by atoms with Crippen LogP contribution in [0.2, 0.25) is 0 Å². The summed E-state index contributed by atoms with van der Waals surface area (Å²) < 4.78 is 1.54. The van der Waals surface area contributed by atoms with E-state index < -0.39 is 0 Å². The third kappa shape index (κ3) is 2.69. The Labute approximate surface area is 99.3 Å². The monoisotopic (exact) mass is 227 g/mol. The molecule has 1 heterocycles. The molecule has 0 radical (unpaired) electrons. The van der Waals surface area contributed by atoms with Crippen LogP contribution in [0.25, 0.3) is 0 Å². The average molecular weight is 227 g/mol.